The number of carbonyl (C=O) groups excluding carboxylic acids is 1. The van der Waals surface area contributed by atoms with Gasteiger partial charge in [0.2, 0.25) is 5.91 Å². The summed E-state index contributed by atoms with van der Waals surface area (Å²) in [4.78, 5) is 41.9. The molecule has 0 aliphatic heterocycles. The van der Waals surface area contributed by atoms with E-state index in [9.17, 15) is 19.5 Å². The van der Waals surface area contributed by atoms with Crippen molar-refractivity contribution in [3.8, 4) is 5.75 Å². The van der Waals surface area contributed by atoms with E-state index in [4.69, 9.17) is 10.5 Å². The SMILES string of the molecule is Cc1ccccc1OC[C@H](O)Cn1c(SCC(N)=O)nc2c1c(=O)[nH]c(=O)n2C. The molecule has 29 heavy (non-hydrogen) atoms. The second-order valence-corrected chi connectivity index (χ2v) is 7.42. The number of fused-ring (bicyclic) bond motifs is 1. The highest BCUT2D eigenvalue weighted by molar-refractivity contribution is 7.99. The molecule has 0 radical (unpaired) electrons. The highest BCUT2D eigenvalue weighted by Crippen LogP contribution is 2.22. The van der Waals surface area contributed by atoms with E-state index in [2.05, 4.69) is 9.97 Å². The van der Waals surface area contributed by atoms with Gasteiger partial charge < -0.3 is 20.1 Å². The van der Waals surface area contributed by atoms with Gasteiger partial charge in [0.05, 0.1) is 12.3 Å². The zero-order valence-corrected chi connectivity index (χ0v) is 16.7. The van der Waals surface area contributed by atoms with E-state index in [1.54, 1.807) is 6.07 Å². The summed E-state index contributed by atoms with van der Waals surface area (Å²) in [5, 5.41) is 10.8. The number of aromatic nitrogens is 4. The fourth-order valence-electron chi connectivity index (χ4n) is 2.80. The minimum absolute atomic E-state index is 0.0197. The molecule has 10 nitrogen and oxygen atoms in total. The lowest BCUT2D eigenvalue weighted by atomic mass is 10.2. The second kappa shape index (κ2) is 8.53. The number of para-hydroxylation sites is 1. The molecule has 1 amide bonds. The number of aliphatic hydroxyl groups is 1. The molecule has 1 atom stereocenters. The van der Waals surface area contributed by atoms with Crippen molar-refractivity contribution in [2.75, 3.05) is 12.4 Å². The molecule has 2 aromatic heterocycles. The van der Waals surface area contributed by atoms with Crippen LogP contribution < -0.4 is 21.7 Å². The fraction of sp³-hybridized carbons (Fsp3) is 0.333. The molecule has 2 heterocycles. The number of aryl methyl sites for hydroxylation is 2. The minimum Gasteiger partial charge on any atom is -0.491 e. The molecule has 0 saturated carbocycles. The average Bonchev–Trinajstić information content (AvgIpc) is 3.03. The van der Waals surface area contributed by atoms with E-state index in [-0.39, 0.29) is 30.1 Å². The summed E-state index contributed by atoms with van der Waals surface area (Å²) in [5.41, 5.74) is 5.16. The number of rotatable bonds is 8. The van der Waals surface area contributed by atoms with Gasteiger partial charge in [-0.15, -0.1) is 0 Å². The standard InChI is InChI=1S/C18H21N5O5S/c1-10-5-3-4-6-12(10)28-8-11(24)7-23-14-15(20-18(23)29-9-13(19)25)22(2)17(27)21-16(14)26/h3-6,11,24H,7-9H2,1-2H3,(H2,19,25)(H,21,26,27)/t11-/m1/s1. The lowest BCUT2D eigenvalue weighted by molar-refractivity contribution is -0.115. The van der Waals surface area contributed by atoms with E-state index < -0.39 is 23.3 Å². The van der Waals surface area contributed by atoms with Crippen LogP contribution in [0.25, 0.3) is 11.2 Å². The number of hydrogen-bond acceptors (Lipinski definition) is 7. The highest BCUT2D eigenvalue weighted by Gasteiger charge is 2.20. The first kappa shape index (κ1) is 20.7. The molecule has 0 saturated heterocycles. The molecule has 4 N–H and O–H groups in total. The summed E-state index contributed by atoms with van der Waals surface area (Å²) in [7, 11) is 1.47. The summed E-state index contributed by atoms with van der Waals surface area (Å²) in [6.07, 6.45) is -0.975. The monoisotopic (exact) mass is 419 g/mol. The van der Waals surface area contributed by atoms with E-state index in [1.807, 2.05) is 25.1 Å². The molecule has 154 valence electrons. The molecule has 0 unspecified atom stereocenters. The maximum Gasteiger partial charge on any atom is 0.329 e. The Hall–Kier alpha value is -3.05. The quantitative estimate of drug-likeness (QED) is 0.427. The van der Waals surface area contributed by atoms with Crippen LogP contribution in [0.5, 0.6) is 5.75 Å². The Labute approximate surface area is 169 Å². The molecule has 3 aromatic rings. The molecule has 11 heteroatoms. The summed E-state index contributed by atoms with van der Waals surface area (Å²) in [5.74, 6) is 0.0239. The Bertz CT molecular complexity index is 1170. The molecule has 1 aromatic carbocycles. The summed E-state index contributed by atoms with van der Waals surface area (Å²) < 4.78 is 8.32. The van der Waals surface area contributed by atoms with Crippen molar-refractivity contribution in [3.63, 3.8) is 0 Å². The van der Waals surface area contributed by atoms with Gasteiger partial charge in [0.1, 0.15) is 18.5 Å². The van der Waals surface area contributed by atoms with Crippen molar-refractivity contribution < 1.29 is 14.6 Å². The van der Waals surface area contributed by atoms with Gasteiger partial charge in [0.25, 0.3) is 5.56 Å². The molecule has 0 aliphatic carbocycles. The number of nitrogens with two attached hydrogens (primary N) is 1. The number of amides is 1. The van der Waals surface area contributed by atoms with Crippen molar-refractivity contribution in [1.82, 2.24) is 19.1 Å². The third-order valence-electron chi connectivity index (χ3n) is 4.23. The fourth-order valence-corrected chi connectivity index (χ4v) is 3.54. The molecule has 0 spiro atoms. The van der Waals surface area contributed by atoms with E-state index >= 15 is 0 Å². The molecular weight excluding hydrogens is 398 g/mol. The van der Waals surface area contributed by atoms with Gasteiger partial charge in [0, 0.05) is 7.05 Å². The van der Waals surface area contributed by atoms with Crippen molar-refractivity contribution >= 4 is 28.8 Å². The first-order chi connectivity index (χ1) is 13.8. The number of carbonyl (C=O) groups is 1. The van der Waals surface area contributed by atoms with Crippen LogP contribution >= 0.6 is 11.8 Å². The molecular formula is C18H21N5O5S. The van der Waals surface area contributed by atoms with Crippen LogP contribution in [0, 0.1) is 6.92 Å². The van der Waals surface area contributed by atoms with Crippen molar-refractivity contribution in [3.05, 3.63) is 50.7 Å². The van der Waals surface area contributed by atoms with Crippen LogP contribution in [-0.4, -0.2) is 48.6 Å². The average molecular weight is 419 g/mol. The van der Waals surface area contributed by atoms with Crippen LogP contribution in [0.3, 0.4) is 0 Å². The van der Waals surface area contributed by atoms with Gasteiger partial charge in [-0.3, -0.25) is 19.1 Å². The van der Waals surface area contributed by atoms with Crippen LogP contribution in [-0.2, 0) is 18.4 Å². The number of nitrogens with one attached hydrogen (secondary N) is 1. The summed E-state index contributed by atoms with van der Waals surface area (Å²) in [6, 6.07) is 7.40. The maximum atomic E-state index is 12.4. The predicted octanol–water partition coefficient (Wildman–Crippen LogP) is -0.251. The highest BCUT2D eigenvalue weighted by atomic mass is 32.2. The molecule has 0 bridgehead atoms. The number of hydrogen-bond donors (Lipinski definition) is 3. The predicted molar refractivity (Wildman–Crippen MR) is 108 cm³/mol. The number of aromatic amines is 1. The van der Waals surface area contributed by atoms with Gasteiger partial charge in [-0.1, -0.05) is 30.0 Å². The molecule has 0 aliphatic rings. The van der Waals surface area contributed by atoms with Crippen molar-refractivity contribution in [1.29, 1.82) is 0 Å². The molecule has 3 rings (SSSR count). The number of imidazole rings is 1. The Morgan fingerprint density at radius 3 is 2.79 bits per heavy atom. The van der Waals surface area contributed by atoms with Crippen molar-refractivity contribution in [2.45, 2.75) is 24.7 Å². The smallest absolute Gasteiger partial charge is 0.329 e. The van der Waals surface area contributed by atoms with Crippen LogP contribution in [0.1, 0.15) is 5.56 Å². The van der Waals surface area contributed by atoms with E-state index in [0.717, 1.165) is 17.3 Å². The van der Waals surface area contributed by atoms with Crippen molar-refractivity contribution in [2.24, 2.45) is 12.8 Å². The topological polar surface area (TPSA) is 145 Å². The maximum absolute atomic E-state index is 12.4. The lowest BCUT2D eigenvalue weighted by Gasteiger charge is -2.16. The van der Waals surface area contributed by atoms with Crippen LogP contribution in [0.2, 0.25) is 0 Å². The Morgan fingerprint density at radius 2 is 2.10 bits per heavy atom. The normalized spacial score (nSPS) is 12.2. The third kappa shape index (κ3) is 4.51. The number of primary amides is 1. The van der Waals surface area contributed by atoms with Crippen LogP contribution in [0.15, 0.2) is 39.0 Å². The number of aliphatic hydroxyl groups excluding tert-OH is 1. The van der Waals surface area contributed by atoms with Gasteiger partial charge in [0.15, 0.2) is 16.3 Å². The Kier molecular flexibility index (Phi) is 6.09. The lowest BCUT2D eigenvalue weighted by Crippen LogP contribution is -2.30. The van der Waals surface area contributed by atoms with E-state index in [0.29, 0.717) is 10.9 Å². The molecule has 0 fully saturated rings. The summed E-state index contributed by atoms with van der Waals surface area (Å²) >= 11 is 1.02. The second-order valence-electron chi connectivity index (χ2n) is 6.48. The Balaban J connectivity index is 1.91. The zero-order chi connectivity index (χ0) is 21.1. The minimum atomic E-state index is -0.975. The first-order valence-electron chi connectivity index (χ1n) is 8.75. The van der Waals surface area contributed by atoms with Gasteiger partial charge >= 0.3 is 5.69 Å². The summed E-state index contributed by atoms with van der Waals surface area (Å²) in [6.45, 7) is 1.85. The Morgan fingerprint density at radius 1 is 1.38 bits per heavy atom. The van der Waals surface area contributed by atoms with Crippen LogP contribution in [0.4, 0.5) is 0 Å². The largest absolute Gasteiger partial charge is 0.491 e. The first-order valence-corrected chi connectivity index (χ1v) is 9.73. The van der Waals surface area contributed by atoms with Gasteiger partial charge in [-0.2, -0.15) is 0 Å². The van der Waals surface area contributed by atoms with Gasteiger partial charge in [-0.25, -0.2) is 9.78 Å². The van der Waals surface area contributed by atoms with E-state index in [1.165, 1.54) is 16.2 Å². The number of ether oxygens (including phenoxy) is 1. The third-order valence-corrected chi connectivity index (χ3v) is 5.23. The number of benzene rings is 1. The number of thioether (sulfide) groups is 1. The number of H-pyrrole nitrogens is 1. The number of nitrogens with zero attached hydrogens (tertiary/aromatic N) is 3. The van der Waals surface area contributed by atoms with Gasteiger partial charge in [-0.05, 0) is 18.6 Å². The zero-order valence-electron chi connectivity index (χ0n) is 15.9.